The van der Waals surface area contributed by atoms with Gasteiger partial charge in [-0.2, -0.15) is 13.2 Å². The minimum Gasteiger partial charge on any atom is -0.351 e. The summed E-state index contributed by atoms with van der Waals surface area (Å²) in [7, 11) is 0. The zero-order chi connectivity index (χ0) is 26.4. The van der Waals surface area contributed by atoms with E-state index < -0.39 is 29.5 Å². The van der Waals surface area contributed by atoms with E-state index in [2.05, 4.69) is 25.9 Å². The first-order valence-corrected chi connectivity index (χ1v) is 12.5. The largest absolute Gasteiger partial charge is 0.433 e. The summed E-state index contributed by atoms with van der Waals surface area (Å²) >= 11 is 1.44. The van der Waals surface area contributed by atoms with Crippen molar-refractivity contribution in [3.05, 3.63) is 52.9 Å². The number of benzene rings is 1. The van der Waals surface area contributed by atoms with Gasteiger partial charge in [0.25, 0.3) is 0 Å². The second-order valence-corrected chi connectivity index (χ2v) is 10.4. The number of anilines is 2. The van der Waals surface area contributed by atoms with Crippen LogP contribution in [0.4, 0.5) is 34.4 Å². The number of carbonyl (C=O) groups excluding carboxylic acids is 2. The molecule has 9 nitrogen and oxygen atoms in total. The summed E-state index contributed by atoms with van der Waals surface area (Å²) in [5.74, 6) is 0.262. The number of primary amides is 1. The van der Waals surface area contributed by atoms with Crippen LogP contribution in [-0.4, -0.2) is 27.0 Å². The van der Waals surface area contributed by atoms with Crippen LogP contribution in [0.2, 0.25) is 0 Å². The van der Waals surface area contributed by atoms with Crippen LogP contribution in [0.15, 0.2) is 36.7 Å². The predicted octanol–water partition coefficient (Wildman–Crippen LogP) is 5.06. The van der Waals surface area contributed by atoms with E-state index in [1.807, 2.05) is 13.0 Å². The number of urea groups is 2. The van der Waals surface area contributed by atoms with Gasteiger partial charge in [0.15, 0.2) is 0 Å². The van der Waals surface area contributed by atoms with Gasteiger partial charge in [0, 0.05) is 18.1 Å². The molecular formula is C24H24F3N7O2S. The molecule has 1 aromatic carbocycles. The highest BCUT2D eigenvalue weighted by Gasteiger charge is 2.58. The first-order chi connectivity index (χ1) is 17.5. The summed E-state index contributed by atoms with van der Waals surface area (Å²) in [4.78, 5) is 36.7. The van der Waals surface area contributed by atoms with E-state index in [-0.39, 0.29) is 17.8 Å². The average Bonchev–Trinajstić information content (AvgIpc) is 3.74. The van der Waals surface area contributed by atoms with Gasteiger partial charge in [0.1, 0.15) is 10.7 Å². The minimum absolute atomic E-state index is 0.164. The number of hydrogen-bond acceptors (Lipinski definition) is 7. The first-order valence-electron chi connectivity index (χ1n) is 11.7. The molecule has 5 rings (SSSR count). The van der Waals surface area contributed by atoms with Crippen molar-refractivity contribution in [3.63, 3.8) is 0 Å². The second-order valence-electron chi connectivity index (χ2n) is 9.37. The van der Waals surface area contributed by atoms with Crippen molar-refractivity contribution in [2.75, 3.05) is 5.32 Å². The molecule has 5 N–H and O–H groups in total. The maximum Gasteiger partial charge on any atom is 0.433 e. The van der Waals surface area contributed by atoms with Crippen LogP contribution in [0.5, 0.6) is 0 Å². The van der Waals surface area contributed by atoms with Crippen molar-refractivity contribution in [3.8, 4) is 10.4 Å². The molecule has 0 bridgehead atoms. The van der Waals surface area contributed by atoms with E-state index in [4.69, 9.17) is 10.7 Å². The van der Waals surface area contributed by atoms with Crippen molar-refractivity contribution in [1.29, 1.82) is 0 Å². The number of rotatable bonds is 7. The van der Waals surface area contributed by atoms with E-state index in [0.29, 0.717) is 5.69 Å². The molecule has 0 unspecified atom stereocenters. The fourth-order valence-corrected chi connectivity index (χ4v) is 5.86. The van der Waals surface area contributed by atoms with Crippen LogP contribution < -0.4 is 21.7 Å². The van der Waals surface area contributed by atoms with Gasteiger partial charge in [0.2, 0.25) is 5.95 Å². The molecule has 4 amide bonds. The zero-order valence-electron chi connectivity index (χ0n) is 19.7. The number of amides is 4. The Hall–Kier alpha value is -3.74. The van der Waals surface area contributed by atoms with Gasteiger partial charge < -0.3 is 16.4 Å². The maximum atomic E-state index is 13.0. The predicted molar refractivity (Wildman–Crippen MR) is 131 cm³/mol. The molecule has 13 heteroatoms. The maximum absolute atomic E-state index is 13.0. The van der Waals surface area contributed by atoms with Crippen LogP contribution in [0.3, 0.4) is 0 Å². The third-order valence-electron chi connectivity index (χ3n) is 6.42. The van der Waals surface area contributed by atoms with Crippen LogP contribution >= 0.6 is 11.3 Å². The van der Waals surface area contributed by atoms with Gasteiger partial charge in [-0.1, -0.05) is 6.07 Å². The molecule has 2 fully saturated rings. The van der Waals surface area contributed by atoms with E-state index in [9.17, 15) is 22.8 Å². The molecule has 194 valence electrons. The first kappa shape index (κ1) is 24.9. The molecule has 2 aliphatic carbocycles. The Morgan fingerprint density at radius 3 is 2.41 bits per heavy atom. The second kappa shape index (κ2) is 9.29. The van der Waals surface area contributed by atoms with Crippen molar-refractivity contribution < 1.29 is 22.8 Å². The molecule has 37 heavy (non-hydrogen) atoms. The summed E-state index contributed by atoms with van der Waals surface area (Å²) in [6, 6.07) is 4.75. The Bertz CT molecular complexity index is 1340. The summed E-state index contributed by atoms with van der Waals surface area (Å²) in [6.07, 6.45) is 1.98. The number of aryl methyl sites for hydroxylation is 1. The minimum atomic E-state index is -4.58. The lowest BCUT2D eigenvalue weighted by Gasteiger charge is -2.33. The lowest BCUT2D eigenvalue weighted by molar-refractivity contribution is -0.141. The molecule has 0 aliphatic heterocycles. The molecule has 0 spiro atoms. The number of nitrogens with two attached hydrogens (primary N) is 1. The molecule has 2 heterocycles. The molecule has 0 radical (unpaired) electrons. The SMILES string of the molecule is Cc1cc(Nc2nccc(C(F)(F)F)n2)cc(-c2cnc(C(NC(=O)NC(N)=O)(C3CC3)C3CC3)s2)c1. The van der Waals surface area contributed by atoms with Crippen molar-refractivity contribution >= 4 is 35.0 Å². The smallest absolute Gasteiger partial charge is 0.351 e. The quantitative estimate of drug-likeness (QED) is 0.336. The molecule has 2 aliphatic rings. The highest BCUT2D eigenvalue weighted by atomic mass is 32.1. The highest BCUT2D eigenvalue weighted by molar-refractivity contribution is 7.15. The molecule has 2 saturated carbocycles. The Labute approximate surface area is 214 Å². The summed E-state index contributed by atoms with van der Waals surface area (Å²) in [6.45, 7) is 1.87. The van der Waals surface area contributed by atoms with E-state index in [1.165, 1.54) is 11.3 Å². The van der Waals surface area contributed by atoms with Crippen LogP contribution in [0, 0.1) is 18.8 Å². The fourth-order valence-electron chi connectivity index (χ4n) is 4.65. The van der Waals surface area contributed by atoms with Crippen molar-refractivity contribution in [2.24, 2.45) is 17.6 Å². The number of alkyl halides is 3. The van der Waals surface area contributed by atoms with Gasteiger partial charge in [-0.15, -0.1) is 11.3 Å². The Kier molecular flexibility index (Phi) is 6.26. The Morgan fingerprint density at radius 1 is 1.08 bits per heavy atom. The third-order valence-corrected chi connectivity index (χ3v) is 7.62. The number of thiazole rings is 1. The lowest BCUT2D eigenvalue weighted by atomic mass is 9.88. The van der Waals surface area contributed by atoms with E-state index >= 15 is 0 Å². The molecule has 3 aromatic rings. The lowest BCUT2D eigenvalue weighted by Crippen LogP contribution is -2.54. The molecular weight excluding hydrogens is 507 g/mol. The number of halogens is 3. The Morgan fingerprint density at radius 2 is 1.78 bits per heavy atom. The number of hydrogen-bond donors (Lipinski definition) is 4. The Balaban J connectivity index is 1.44. The molecule has 2 aromatic heterocycles. The summed E-state index contributed by atoms with van der Waals surface area (Å²) in [5.41, 5.74) is 5.62. The average molecular weight is 532 g/mol. The van der Waals surface area contributed by atoms with Crippen molar-refractivity contribution in [2.45, 2.75) is 44.3 Å². The van der Waals surface area contributed by atoms with Gasteiger partial charge >= 0.3 is 18.2 Å². The fraction of sp³-hybridized carbons (Fsp3) is 0.375. The number of nitrogens with one attached hydrogen (secondary N) is 3. The molecule has 0 saturated heterocycles. The number of nitrogens with zero attached hydrogens (tertiary/aromatic N) is 3. The van der Waals surface area contributed by atoms with Gasteiger partial charge in [-0.3, -0.25) is 5.32 Å². The van der Waals surface area contributed by atoms with Crippen LogP contribution in [0.1, 0.15) is 41.9 Å². The zero-order valence-corrected chi connectivity index (χ0v) is 20.5. The van der Waals surface area contributed by atoms with Gasteiger partial charge in [-0.25, -0.2) is 24.5 Å². The summed E-state index contributed by atoms with van der Waals surface area (Å²) in [5, 5.41) is 8.73. The summed E-state index contributed by atoms with van der Waals surface area (Å²) < 4.78 is 39.1. The van der Waals surface area contributed by atoms with Crippen molar-refractivity contribution in [1.82, 2.24) is 25.6 Å². The normalized spacial score (nSPS) is 15.8. The van der Waals surface area contributed by atoms with E-state index in [1.54, 1.807) is 18.3 Å². The van der Waals surface area contributed by atoms with Crippen LogP contribution in [0.25, 0.3) is 10.4 Å². The number of imide groups is 1. The van der Waals surface area contributed by atoms with Gasteiger partial charge in [0.05, 0.1) is 10.4 Å². The monoisotopic (exact) mass is 531 g/mol. The van der Waals surface area contributed by atoms with E-state index in [0.717, 1.165) is 59.0 Å². The number of aromatic nitrogens is 3. The highest BCUT2D eigenvalue weighted by Crippen LogP contribution is 2.58. The number of carbonyl (C=O) groups is 2. The van der Waals surface area contributed by atoms with Crippen LogP contribution in [-0.2, 0) is 11.7 Å². The topological polar surface area (TPSA) is 135 Å². The molecule has 0 atom stereocenters. The third kappa shape index (κ3) is 5.36. The standard InChI is InChI=1S/C24H24F3N7O2S/c1-12-8-13(10-16(9-12)31-21-29-7-6-18(32-21)24(25,26)27)17-11-30-19(37-17)23(14-2-3-14,15-4-5-15)34-22(36)33-20(28)35/h6-11,14-15H,2-5H2,1H3,(H,29,31,32)(H4,28,33,34,35,36). The van der Waals surface area contributed by atoms with Gasteiger partial charge in [-0.05, 0) is 73.8 Å².